The maximum absolute atomic E-state index is 12.8. The molecule has 0 spiro atoms. The number of benzene rings is 1. The van der Waals surface area contributed by atoms with E-state index in [4.69, 9.17) is 0 Å². The van der Waals surface area contributed by atoms with Crippen LogP contribution in [0.4, 0.5) is 13.2 Å². The molecule has 122 valence electrons. The van der Waals surface area contributed by atoms with Gasteiger partial charge in [-0.15, -0.1) is 0 Å². The molecule has 0 unspecified atom stereocenters. The van der Waals surface area contributed by atoms with E-state index < -0.39 is 29.1 Å². The molecule has 22 heavy (non-hydrogen) atoms. The molecule has 0 saturated heterocycles. The third-order valence-electron chi connectivity index (χ3n) is 3.18. The van der Waals surface area contributed by atoms with Crippen LogP contribution in [0.1, 0.15) is 38.3 Å². The molecule has 0 saturated carbocycles. The Balaban J connectivity index is 3.27. The zero-order chi connectivity index (χ0) is 17.0. The number of halogens is 3. The topological polar surface area (TPSA) is 58.2 Å². The van der Waals surface area contributed by atoms with Crippen molar-refractivity contribution in [3.8, 4) is 0 Å². The Kier molecular flexibility index (Phi) is 5.57. The molecule has 0 fully saturated rings. The van der Waals surface area contributed by atoms with Crippen molar-refractivity contribution in [3.05, 3.63) is 35.4 Å². The first-order valence-electron chi connectivity index (χ1n) is 6.86. The van der Waals surface area contributed by atoms with Gasteiger partial charge in [-0.2, -0.15) is 13.2 Å². The SMILES string of the molecule is CCCNC(=O)[C@@](C)(NC(C)=O)c1cccc(C(F)(F)F)c1. The van der Waals surface area contributed by atoms with Gasteiger partial charge in [0.1, 0.15) is 5.54 Å². The number of nitrogens with one attached hydrogen (secondary N) is 2. The highest BCUT2D eigenvalue weighted by Crippen LogP contribution is 2.32. The van der Waals surface area contributed by atoms with E-state index in [1.54, 1.807) is 0 Å². The van der Waals surface area contributed by atoms with Crippen LogP contribution >= 0.6 is 0 Å². The van der Waals surface area contributed by atoms with Gasteiger partial charge in [0, 0.05) is 13.5 Å². The van der Waals surface area contributed by atoms with Crippen LogP contribution in [-0.2, 0) is 21.3 Å². The summed E-state index contributed by atoms with van der Waals surface area (Å²) in [5, 5.41) is 5.04. The van der Waals surface area contributed by atoms with Gasteiger partial charge in [-0.25, -0.2) is 0 Å². The number of rotatable bonds is 5. The van der Waals surface area contributed by atoms with Gasteiger partial charge in [0.15, 0.2) is 0 Å². The second-order valence-corrected chi connectivity index (χ2v) is 5.14. The van der Waals surface area contributed by atoms with Gasteiger partial charge >= 0.3 is 6.18 Å². The second kappa shape index (κ2) is 6.81. The summed E-state index contributed by atoms with van der Waals surface area (Å²) in [5.74, 6) is -1.06. The number of hydrogen-bond acceptors (Lipinski definition) is 2. The molecule has 1 atom stereocenters. The van der Waals surface area contributed by atoms with Gasteiger partial charge in [-0.05, 0) is 31.0 Å². The molecule has 2 N–H and O–H groups in total. The molecule has 2 amide bonds. The Bertz CT molecular complexity index is 558. The molecule has 0 aliphatic heterocycles. The lowest BCUT2D eigenvalue weighted by molar-refractivity contribution is -0.138. The summed E-state index contributed by atoms with van der Waals surface area (Å²) in [6.07, 6.45) is -3.85. The van der Waals surface area contributed by atoms with Crippen molar-refractivity contribution in [3.63, 3.8) is 0 Å². The van der Waals surface area contributed by atoms with E-state index in [1.807, 2.05) is 6.92 Å². The van der Waals surface area contributed by atoms with E-state index in [0.29, 0.717) is 13.0 Å². The highest BCUT2D eigenvalue weighted by atomic mass is 19.4. The average molecular weight is 316 g/mol. The summed E-state index contributed by atoms with van der Waals surface area (Å²) in [7, 11) is 0. The van der Waals surface area contributed by atoms with Crippen LogP contribution in [0, 0.1) is 0 Å². The lowest BCUT2D eigenvalue weighted by atomic mass is 9.89. The maximum atomic E-state index is 12.8. The Hall–Kier alpha value is -2.05. The third-order valence-corrected chi connectivity index (χ3v) is 3.18. The number of carbonyl (C=O) groups is 2. The monoisotopic (exact) mass is 316 g/mol. The smallest absolute Gasteiger partial charge is 0.354 e. The van der Waals surface area contributed by atoms with Crippen molar-refractivity contribution in [1.29, 1.82) is 0 Å². The first-order chi connectivity index (χ1) is 10.1. The van der Waals surface area contributed by atoms with Crippen molar-refractivity contribution in [2.45, 2.75) is 38.9 Å². The molecule has 1 aromatic carbocycles. The number of alkyl halides is 3. The number of hydrogen-bond donors (Lipinski definition) is 2. The predicted octanol–water partition coefficient (Wildman–Crippen LogP) is 2.58. The zero-order valence-corrected chi connectivity index (χ0v) is 12.7. The van der Waals surface area contributed by atoms with E-state index in [9.17, 15) is 22.8 Å². The fourth-order valence-corrected chi connectivity index (χ4v) is 2.03. The minimum Gasteiger partial charge on any atom is -0.354 e. The maximum Gasteiger partial charge on any atom is 0.416 e. The van der Waals surface area contributed by atoms with Gasteiger partial charge in [-0.3, -0.25) is 9.59 Å². The van der Waals surface area contributed by atoms with Gasteiger partial charge in [0.25, 0.3) is 0 Å². The molecule has 1 rings (SSSR count). The van der Waals surface area contributed by atoms with Crippen LogP contribution in [-0.4, -0.2) is 18.4 Å². The van der Waals surface area contributed by atoms with Crippen molar-refractivity contribution in [2.75, 3.05) is 6.54 Å². The molecule has 0 aromatic heterocycles. The summed E-state index contributed by atoms with van der Waals surface area (Å²) in [4.78, 5) is 23.7. The average Bonchev–Trinajstić information content (AvgIpc) is 2.43. The fourth-order valence-electron chi connectivity index (χ4n) is 2.03. The van der Waals surface area contributed by atoms with Crippen LogP contribution in [0.25, 0.3) is 0 Å². The molecule has 0 aliphatic carbocycles. The highest BCUT2D eigenvalue weighted by Gasteiger charge is 2.38. The van der Waals surface area contributed by atoms with Crippen molar-refractivity contribution in [1.82, 2.24) is 10.6 Å². The molecular formula is C15H19F3N2O2. The second-order valence-electron chi connectivity index (χ2n) is 5.14. The number of amides is 2. The first-order valence-corrected chi connectivity index (χ1v) is 6.86. The van der Waals surface area contributed by atoms with Crippen LogP contribution in [0.15, 0.2) is 24.3 Å². The molecule has 0 aliphatic rings. The quantitative estimate of drug-likeness (QED) is 0.877. The summed E-state index contributed by atoms with van der Waals surface area (Å²) in [5.41, 5.74) is -2.36. The van der Waals surface area contributed by atoms with Crippen LogP contribution in [0.3, 0.4) is 0 Å². The van der Waals surface area contributed by atoms with Gasteiger partial charge in [-0.1, -0.05) is 19.1 Å². The van der Waals surface area contributed by atoms with E-state index >= 15 is 0 Å². The van der Waals surface area contributed by atoms with E-state index in [0.717, 1.165) is 12.1 Å². The highest BCUT2D eigenvalue weighted by molar-refractivity contribution is 5.91. The van der Waals surface area contributed by atoms with Gasteiger partial charge < -0.3 is 10.6 Å². The Morgan fingerprint density at radius 2 is 1.77 bits per heavy atom. The summed E-state index contributed by atoms with van der Waals surface area (Å²) < 4.78 is 38.5. The summed E-state index contributed by atoms with van der Waals surface area (Å²) in [6, 6.07) is 4.39. The van der Waals surface area contributed by atoms with Crippen molar-refractivity contribution >= 4 is 11.8 Å². The largest absolute Gasteiger partial charge is 0.416 e. The Morgan fingerprint density at radius 1 is 1.18 bits per heavy atom. The molecule has 1 aromatic rings. The van der Waals surface area contributed by atoms with Gasteiger partial charge in [0.05, 0.1) is 5.56 Å². The lowest BCUT2D eigenvalue weighted by Crippen LogP contribution is -2.54. The van der Waals surface area contributed by atoms with Crippen molar-refractivity contribution in [2.24, 2.45) is 0 Å². The molecule has 7 heteroatoms. The Labute approximate surface area is 127 Å². The minimum atomic E-state index is -4.52. The fraction of sp³-hybridized carbons (Fsp3) is 0.467. The van der Waals surface area contributed by atoms with Crippen molar-refractivity contribution < 1.29 is 22.8 Å². The molecule has 4 nitrogen and oxygen atoms in total. The first kappa shape index (κ1) is 18.0. The van der Waals surface area contributed by atoms with E-state index in [-0.39, 0.29) is 5.56 Å². The predicted molar refractivity (Wildman–Crippen MR) is 75.9 cm³/mol. The molecule has 0 radical (unpaired) electrons. The van der Waals surface area contributed by atoms with E-state index in [2.05, 4.69) is 10.6 Å². The Morgan fingerprint density at radius 3 is 2.27 bits per heavy atom. The van der Waals surface area contributed by atoms with Crippen LogP contribution in [0.5, 0.6) is 0 Å². The van der Waals surface area contributed by atoms with Crippen LogP contribution < -0.4 is 10.6 Å². The minimum absolute atomic E-state index is 0.0751. The zero-order valence-electron chi connectivity index (χ0n) is 12.7. The standard InChI is InChI=1S/C15H19F3N2O2/c1-4-8-19-13(22)14(3,20-10(2)21)11-6-5-7-12(9-11)15(16,17)18/h5-7,9H,4,8H2,1-3H3,(H,19,22)(H,20,21)/t14-/m0/s1. The molecule has 0 bridgehead atoms. The number of carbonyl (C=O) groups excluding carboxylic acids is 2. The van der Waals surface area contributed by atoms with E-state index in [1.165, 1.54) is 26.0 Å². The van der Waals surface area contributed by atoms with Crippen LogP contribution in [0.2, 0.25) is 0 Å². The normalized spacial score (nSPS) is 14.1. The molecular weight excluding hydrogens is 297 g/mol. The van der Waals surface area contributed by atoms with Gasteiger partial charge in [0.2, 0.25) is 11.8 Å². The lowest BCUT2D eigenvalue weighted by Gasteiger charge is -2.30. The third kappa shape index (κ3) is 4.22. The molecule has 0 heterocycles. The summed E-state index contributed by atoms with van der Waals surface area (Å²) in [6.45, 7) is 4.81. The summed E-state index contributed by atoms with van der Waals surface area (Å²) >= 11 is 0.